The minimum atomic E-state index is 0.685. The molecule has 0 aliphatic carbocycles. The maximum Gasteiger partial charge on any atom is 0.0737 e. The average molecular weight is 385 g/mol. The number of nitrogens with zero attached hydrogens (tertiary/aromatic N) is 2. The fourth-order valence-corrected chi connectivity index (χ4v) is 2.78. The van der Waals surface area contributed by atoms with Crippen LogP contribution in [0.3, 0.4) is 0 Å². The maximum atomic E-state index is 4.38. The Balaban J connectivity index is 2.08. The molecule has 100 valence electrons. The molecule has 0 bridgehead atoms. The predicted octanol–water partition coefficient (Wildman–Crippen LogP) is 4.28. The van der Waals surface area contributed by atoms with Gasteiger partial charge in [0, 0.05) is 40.6 Å². The summed E-state index contributed by atoms with van der Waals surface area (Å²) in [5.41, 5.74) is 3.24. The van der Waals surface area contributed by atoms with Crippen LogP contribution in [0.15, 0.2) is 45.5 Å². The largest absolute Gasteiger partial charge is 0.379 e. The van der Waals surface area contributed by atoms with E-state index in [1.165, 1.54) is 5.69 Å². The van der Waals surface area contributed by atoms with E-state index in [-0.39, 0.29) is 0 Å². The smallest absolute Gasteiger partial charge is 0.0737 e. The molecule has 2 rings (SSSR count). The standard InChI is InChI=1S/C14H15Br2N3/c1-19(2)12-5-3-4-11(7-12)17-9-14-13(16)6-10(15)8-18-14/h3-8,17H,9H2,1-2H3. The van der Waals surface area contributed by atoms with Gasteiger partial charge in [-0.05, 0) is 56.1 Å². The number of anilines is 2. The first-order valence-corrected chi connectivity index (χ1v) is 7.46. The van der Waals surface area contributed by atoms with Crippen molar-refractivity contribution in [3.05, 3.63) is 51.2 Å². The van der Waals surface area contributed by atoms with Gasteiger partial charge in [-0.2, -0.15) is 0 Å². The van der Waals surface area contributed by atoms with Crippen molar-refractivity contribution >= 4 is 43.2 Å². The minimum Gasteiger partial charge on any atom is -0.379 e. The number of hydrogen-bond donors (Lipinski definition) is 1. The lowest BCUT2D eigenvalue weighted by Gasteiger charge is -2.14. The summed E-state index contributed by atoms with van der Waals surface area (Å²) in [6, 6.07) is 10.3. The number of nitrogens with one attached hydrogen (secondary N) is 1. The first-order chi connectivity index (χ1) is 9.06. The van der Waals surface area contributed by atoms with Crippen molar-refractivity contribution in [1.82, 2.24) is 4.98 Å². The molecule has 0 radical (unpaired) electrons. The quantitative estimate of drug-likeness (QED) is 0.852. The summed E-state index contributed by atoms with van der Waals surface area (Å²) < 4.78 is 1.97. The van der Waals surface area contributed by atoms with Gasteiger partial charge < -0.3 is 10.2 Å². The van der Waals surface area contributed by atoms with Gasteiger partial charge in [0.25, 0.3) is 0 Å². The highest BCUT2D eigenvalue weighted by Gasteiger charge is 2.03. The maximum absolute atomic E-state index is 4.38. The summed E-state index contributed by atoms with van der Waals surface area (Å²) in [6.45, 7) is 0.685. The fourth-order valence-electron chi connectivity index (χ4n) is 1.65. The summed E-state index contributed by atoms with van der Waals surface area (Å²) in [5, 5.41) is 3.38. The number of benzene rings is 1. The van der Waals surface area contributed by atoms with Gasteiger partial charge in [-0.3, -0.25) is 4.98 Å². The summed E-state index contributed by atoms with van der Waals surface area (Å²) in [4.78, 5) is 6.47. The van der Waals surface area contributed by atoms with Gasteiger partial charge in [0.15, 0.2) is 0 Å². The van der Waals surface area contributed by atoms with Crippen LogP contribution >= 0.6 is 31.9 Å². The van der Waals surface area contributed by atoms with E-state index in [0.29, 0.717) is 6.54 Å². The van der Waals surface area contributed by atoms with Crippen molar-refractivity contribution in [2.45, 2.75) is 6.54 Å². The van der Waals surface area contributed by atoms with E-state index in [1.807, 2.05) is 26.2 Å². The molecule has 0 spiro atoms. The van der Waals surface area contributed by atoms with Crippen molar-refractivity contribution in [2.24, 2.45) is 0 Å². The lowest BCUT2D eigenvalue weighted by molar-refractivity contribution is 1.03. The Morgan fingerprint density at radius 1 is 1.21 bits per heavy atom. The second kappa shape index (κ2) is 6.39. The monoisotopic (exact) mass is 383 g/mol. The lowest BCUT2D eigenvalue weighted by Crippen LogP contribution is -2.09. The molecule has 0 fully saturated rings. The van der Waals surface area contributed by atoms with Gasteiger partial charge in [0.1, 0.15) is 0 Å². The van der Waals surface area contributed by atoms with Gasteiger partial charge in [-0.15, -0.1) is 0 Å². The van der Waals surface area contributed by atoms with Crippen molar-refractivity contribution in [1.29, 1.82) is 0 Å². The molecule has 1 aromatic heterocycles. The first-order valence-electron chi connectivity index (χ1n) is 5.87. The first kappa shape index (κ1) is 14.3. The number of hydrogen-bond acceptors (Lipinski definition) is 3. The predicted molar refractivity (Wildman–Crippen MR) is 87.7 cm³/mol. The molecular weight excluding hydrogens is 370 g/mol. The summed E-state index contributed by atoms with van der Waals surface area (Å²) in [7, 11) is 4.07. The third-order valence-electron chi connectivity index (χ3n) is 2.71. The molecule has 0 saturated carbocycles. The zero-order valence-electron chi connectivity index (χ0n) is 10.8. The molecule has 0 amide bonds. The number of halogens is 2. The number of rotatable bonds is 4. The van der Waals surface area contributed by atoms with Crippen molar-refractivity contribution < 1.29 is 0 Å². The molecule has 3 nitrogen and oxygen atoms in total. The highest BCUT2D eigenvalue weighted by atomic mass is 79.9. The third kappa shape index (κ3) is 3.94. The van der Waals surface area contributed by atoms with Crippen LogP contribution in [0, 0.1) is 0 Å². The van der Waals surface area contributed by atoms with Gasteiger partial charge in [0.2, 0.25) is 0 Å². The minimum absolute atomic E-state index is 0.685. The van der Waals surface area contributed by atoms with E-state index < -0.39 is 0 Å². The van der Waals surface area contributed by atoms with Crippen LogP contribution in [-0.4, -0.2) is 19.1 Å². The molecule has 0 atom stereocenters. The van der Waals surface area contributed by atoms with E-state index in [1.54, 1.807) is 6.20 Å². The molecule has 0 aliphatic heterocycles. The molecule has 0 saturated heterocycles. The zero-order chi connectivity index (χ0) is 13.8. The summed E-state index contributed by atoms with van der Waals surface area (Å²) in [5.74, 6) is 0. The molecule has 1 heterocycles. The zero-order valence-corrected chi connectivity index (χ0v) is 14.0. The Kier molecular flexibility index (Phi) is 4.82. The van der Waals surface area contributed by atoms with Crippen LogP contribution in [0.25, 0.3) is 0 Å². The molecule has 1 aromatic carbocycles. The van der Waals surface area contributed by atoms with E-state index in [4.69, 9.17) is 0 Å². The molecular formula is C14H15Br2N3. The highest BCUT2D eigenvalue weighted by Crippen LogP contribution is 2.22. The van der Waals surface area contributed by atoms with Crippen LogP contribution in [0.2, 0.25) is 0 Å². The highest BCUT2D eigenvalue weighted by molar-refractivity contribution is 9.11. The molecule has 5 heteroatoms. The van der Waals surface area contributed by atoms with E-state index in [9.17, 15) is 0 Å². The molecule has 0 unspecified atom stereocenters. The second-order valence-electron chi connectivity index (χ2n) is 4.38. The van der Waals surface area contributed by atoms with Crippen molar-refractivity contribution in [3.63, 3.8) is 0 Å². The van der Waals surface area contributed by atoms with Gasteiger partial charge in [0.05, 0.1) is 12.2 Å². The Morgan fingerprint density at radius 3 is 2.68 bits per heavy atom. The van der Waals surface area contributed by atoms with Gasteiger partial charge in [-0.25, -0.2) is 0 Å². The van der Waals surface area contributed by atoms with Crippen LogP contribution in [0.4, 0.5) is 11.4 Å². The summed E-state index contributed by atoms with van der Waals surface area (Å²) in [6.07, 6.45) is 1.80. The van der Waals surface area contributed by atoms with Crippen LogP contribution in [0.5, 0.6) is 0 Å². The fraction of sp³-hybridized carbons (Fsp3) is 0.214. The van der Waals surface area contributed by atoms with E-state index >= 15 is 0 Å². The van der Waals surface area contributed by atoms with Crippen LogP contribution < -0.4 is 10.2 Å². The van der Waals surface area contributed by atoms with Crippen molar-refractivity contribution in [2.75, 3.05) is 24.3 Å². The molecule has 2 aromatic rings. The van der Waals surface area contributed by atoms with Crippen LogP contribution in [0.1, 0.15) is 5.69 Å². The topological polar surface area (TPSA) is 28.2 Å². The normalized spacial score (nSPS) is 10.3. The number of pyridine rings is 1. The number of aromatic nitrogens is 1. The van der Waals surface area contributed by atoms with Gasteiger partial charge >= 0.3 is 0 Å². The molecule has 19 heavy (non-hydrogen) atoms. The Hall–Kier alpha value is -1.07. The second-order valence-corrected chi connectivity index (χ2v) is 6.15. The Labute approximate surface area is 130 Å². The Morgan fingerprint density at radius 2 is 2.00 bits per heavy atom. The van der Waals surface area contributed by atoms with E-state index in [0.717, 1.165) is 20.3 Å². The third-order valence-corrected chi connectivity index (χ3v) is 3.83. The lowest BCUT2D eigenvalue weighted by atomic mass is 10.2. The van der Waals surface area contributed by atoms with Gasteiger partial charge in [-0.1, -0.05) is 6.07 Å². The Bertz CT molecular complexity index is 570. The molecule has 0 aliphatic rings. The van der Waals surface area contributed by atoms with Crippen LogP contribution in [-0.2, 0) is 6.54 Å². The average Bonchev–Trinajstić information content (AvgIpc) is 2.38. The van der Waals surface area contributed by atoms with Crippen molar-refractivity contribution in [3.8, 4) is 0 Å². The molecule has 1 N–H and O–H groups in total. The van der Waals surface area contributed by atoms with E-state index in [2.05, 4.69) is 65.3 Å². The summed E-state index contributed by atoms with van der Waals surface area (Å²) >= 11 is 6.92. The SMILES string of the molecule is CN(C)c1cccc(NCc2ncc(Br)cc2Br)c1.